The largest absolute Gasteiger partial charge is 0.497 e. The van der Waals surface area contributed by atoms with Crippen LogP contribution in [0, 0.1) is 0 Å². The molecule has 8 heteroatoms. The van der Waals surface area contributed by atoms with Gasteiger partial charge in [0.2, 0.25) is 0 Å². The third kappa shape index (κ3) is 7.15. The summed E-state index contributed by atoms with van der Waals surface area (Å²) in [5, 5.41) is 2.47. The van der Waals surface area contributed by atoms with E-state index in [-0.39, 0.29) is 0 Å². The Balaban J connectivity index is 0.000000212. The molecule has 3 N–H and O–H groups in total. The summed E-state index contributed by atoms with van der Waals surface area (Å²) in [7, 11) is 3.27. The average molecular weight is 494 g/mol. The van der Waals surface area contributed by atoms with Gasteiger partial charge >= 0.3 is 0 Å². The number of hydrogen-bond acceptors (Lipinski definition) is 6. The first-order valence-corrected chi connectivity index (χ1v) is 10.9. The number of thiol groups is 1. The first-order chi connectivity index (χ1) is 14.1. The number of hydrogen-bond donors (Lipinski definition) is 3. The van der Waals surface area contributed by atoms with Crippen LogP contribution in [0.15, 0.2) is 63.5 Å². The van der Waals surface area contributed by atoms with Gasteiger partial charge in [0, 0.05) is 28.4 Å². The van der Waals surface area contributed by atoms with Crippen molar-refractivity contribution >= 4 is 57.8 Å². The van der Waals surface area contributed by atoms with Gasteiger partial charge in [-0.15, -0.1) is 0 Å². The first-order valence-electron chi connectivity index (χ1n) is 8.73. The van der Waals surface area contributed by atoms with Crippen LogP contribution in [0.1, 0.15) is 11.1 Å². The maximum atomic E-state index is 5.19. The Bertz CT molecular complexity index is 954. The molecule has 0 fully saturated rings. The lowest BCUT2D eigenvalue weighted by Crippen LogP contribution is -2.01. The molecule has 0 heterocycles. The number of nitrogens with zero attached hydrogens (tertiary/aromatic N) is 1. The van der Waals surface area contributed by atoms with E-state index in [4.69, 9.17) is 15.2 Å². The molecule has 0 amide bonds. The molecule has 3 aromatic rings. The fraction of sp³-hybridized carbons (Fsp3) is 0.190. The highest BCUT2D eigenvalue weighted by Crippen LogP contribution is 2.26. The molecule has 0 atom stereocenters. The molecule has 29 heavy (non-hydrogen) atoms. The Hall–Kier alpha value is -1.87. The van der Waals surface area contributed by atoms with Crippen molar-refractivity contribution in [3.05, 3.63) is 70.2 Å². The fourth-order valence-corrected chi connectivity index (χ4v) is 3.79. The zero-order valence-corrected chi connectivity index (χ0v) is 19.6. The lowest BCUT2D eigenvalue weighted by molar-refractivity contribution is 0.391. The van der Waals surface area contributed by atoms with Crippen LogP contribution in [0.4, 0.5) is 0 Å². The van der Waals surface area contributed by atoms with E-state index in [0.29, 0.717) is 6.54 Å². The van der Waals surface area contributed by atoms with Gasteiger partial charge in [0.1, 0.15) is 11.5 Å². The number of rotatable bonds is 7. The van der Waals surface area contributed by atoms with Gasteiger partial charge in [-0.05, 0) is 40.4 Å². The van der Waals surface area contributed by atoms with Crippen molar-refractivity contribution in [2.24, 2.45) is 10.1 Å². The molecule has 3 rings (SSSR count). The second-order valence-corrected chi connectivity index (χ2v) is 7.76. The van der Waals surface area contributed by atoms with Gasteiger partial charge in [0.25, 0.3) is 0 Å². The van der Waals surface area contributed by atoms with Crippen molar-refractivity contribution in [3.8, 4) is 11.5 Å². The van der Waals surface area contributed by atoms with Crippen LogP contribution in [-0.2, 0) is 12.3 Å². The highest BCUT2D eigenvalue weighted by Gasteiger charge is 2.03. The number of benzene rings is 3. The molecule has 0 saturated heterocycles. The van der Waals surface area contributed by atoms with Crippen LogP contribution >= 0.6 is 40.7 Å². The quantitative estimate of drug-likeness (QED) is 0.178. The normalized spacial score (nSPS) is 10.6. The first kappa shape index (κ1) is 23.4. The van der Waals surface area contributed by atoms with Crippen LogP contribution in [0.5, 0.6) is 11.5 Å². The van der Waals surface area contributed by atoms with Crippen molar-refractivity contribution < 1.29 is 9.47 Å². The third-order valence-corrected chi connectivity index (χ3v) is 5.60. The lowest BCUT2D eigenvalue weighted by atomic mass is 10.1. The van der Waals surface area contributed by atoms with Gasteiger partial charge in [-0.1, -0.05) is 65.1 Å². The number of nitrogens with one attached hydrogen (secondary N) is 1. The van der Waals surface area contributed by atoms with E-state index in [9.17, 15) is 0 Å². The Morgan fingerprint density at radius 3 is 2.66 bits per heavy atom. The molecule has 0 aromatic heterocycles. The minimum Gasteiger partial charge on any atom is -0.497 e. The highest BCUT2D eigenvalue weighted by molar-refractivity contribution is 9.10. The Kier molecular flexibility index (Phi) is 10.2. The SMILES string of the molecule is COc1ccc(CNS)c(OC)c1.N/C=N\SCc1ccc2c(Br)cccc2c1. The molecule has 0 bridgehead atoms. The number of methoxy groups -OCH3 is 2. The zero-order chi connectivity index (χ0) is 21.1. The van der Waals surface area contributed by atoms with Crippen molar-refractivity contribution in [1.82, 2.24) is 4.72 Å². The summed E-state index contributed by atoms with van der Waals surface area (Å²) in [6.07, 6.45) is 1.32. The van der Waals surface area contributed by atoms with Crippen LogP contribution in [0.2, 0.25) is 0 Å². The molecule has 154 valence electrons. The topological polar surface area (TPSA) is 68.9 Å². The predicted octanol–water partition coefficient (Wildman–Crippen LogP) is 5.38. The molecule has 0 spiro atoms. The minimum atomic E-state index is 0.663. The minimum absolute atomic E-state index is 0.663. The van der Waals surface area contributed by atoms with Crippen molar-refractivity contribution in [3.63, 3.8) is 0 Å². The van der Waals surface area contributed by atoms with Crippen LogP contribution < -0.4 is 19.9 Å². The lowest BCUT2D eigenvalue weighted by Gasteiger charge is -2.09. The Morgan fingerprint density at radius 2 is 1.97 bits per heavy atom. The van der Waals surface area contributed by atoms with Gasteiger partial charge in [0.05, 0.1) is 20.6 Å². The van der Waals surface area contributed by atoms with E-state index in [0.717, 1.165) is 27.3 Å². The summed E-state index contributed by atoms with van der Waals surface area (Å²) in [6, 6.07) is 18.3. The average Bonchev–Trinajstić information content (AvgIpc) is 2.75. The van der Waals surface area contributed by atoms with Crippen molar-refractivity contribution in [1.29, 1.82) is 0 Å². The van der Waals surface area contributed by atoms with E-state index in [1.54, 1.807) is 14.2 Å². The molecule has 0 unspecified atom stereocenters. The second-order valence-electron chi connectivity index (χ2n) is 5.84. The highest BCUT2D eigenvalue weighted by atomic mass is 79.9. The van der Waals surface area contributed by atoms with E-state index < -0.39 is 0 Å². The second kappa shape index (κ2) is 12.6. The zero-order valence-electron chi connectivity index (χ0n) is 16.3. The van der Waals surface area contributed by atoms with Crippen molar-refractivity contribution in [2.45, 2.75) is 12.3 Å². The van der Waals surface area contributed by atoms with Crippen LogP contribution in [0.3, 0.4) is 0 Å². The smallest absolute Gasteiger partial charge is 0.127 e. The molecule has 0 aliphatic heterocycles. The third-order valence-electron chi connectivity index (χ3n) is 4.02. The summed E-state index contributed by atoms with van der Waals surface area (Å²) in [6.45, 7) is 0.663. The molecule has 0 radical (unpaired) electrons. The van der Waals surface area contributed by atoms with Gasteiger partial charge in [-0.2, -0.15) is 0 Å². The Morgan fingerprint density at radius 1 is 1.14 bits per heavy atom. The molecular formula is C21H24BrN3O2S2. The molecule has 5 nitrogen and oxygen atoms in total. The molecule has 0 aliphatic rings. The molecular weight excluding hydrogens is 470 g/mol. The van der Waals surface area contributed by atoms with Gasteiger partial charge in [-0.25, -0.2) is 4.40 Å². The standard InChI is InChI=1S/C12H11BrN2S.C9H13NO2S/c13-12-3-1-2-10-6-9(4-5-11(10)12)7-16-15-8-14;1-11-8-4-3-7(6-10-13)9(5-8)12-2/h1-6,8H,7H2,(H2,14,15);3-5,10,13H,6H2,1-2H3. The van der Waals surface area contributed by atoms with Crippen molar-refractivity contribution in [2.75, 3.05) is 14.2 Å². The maximum Gasteiger partial charge on any atom is 0.127 e. The van der Waals surface area contributed by atoms with E-state index in [2.05, 4.69) is 68.2 Å². The van der Waals surface area contributed by atoms with E-state index in [1.807, 2.05) is 24.3 Å². The van der Waals surface area contributed by atoms with E-state index in [1.165, 1.54) is 34.6 Å². The summed E-state index contributed by atoms with van der Waals surface area (Å²) < 4.78 is 18.1. The number of ether oxygens (including phenoxy) is 2. The maximum absolute atomic E-state index is 5.19. The van der Waals surface area contributed by atoms with Gasteiger partial charge in [-0.3, -0.25) is 4.72 Å². The number of fused-ring (bicyclic) bond motifs is 1. The number of nitrogens with two attached hydrogens (primary N) is 1. The van der Waals surface area contributed by atoms with Gasteiger partial charge < -0.3 is 15.2 Å². The summed E-state index contributed by atoms with van der Waals surface area (Å²) >= 11 is 8.92. The van der Waals surface area contributed by atoms with E-state index >= 15 is 0 Å². The summed E-state index contributed by atoms with van der Waals surface area (Å²) in [4.78, 5) is 0. The Labute approximate surface area is 189 Å². The van der Waals surface area contributed by atoms with Crippen LogP contribution in [0.25, 0.3) is 10.8 Å². The van der Waals surface area contributed by atoms with Gasteiger partial charge in [0.15, 0.2) is 0 Å². The monoisotopic (exact) mass is 493 g/mol. The molecule has 3 aromatic carbocycles. The summed E-state index contributed by atoms with van der Waals surface area (Å²) in [5.74, 6) is 2.44. The van der Waals surface area contributed by atoms with Crippen LogP contribution in [-0.4, -0.2) is 20.6 Å². The molecule has 0 saturated carbocycles. The predicted molar refractivity (Wildman–Crippen MR) is 131 cm³/mol. The summed E-state index contributed by atoms with van der Waals surface area (Å²) in [5.41, 5.74) is 7.49. The number of halogens is 1. The molecule has 0 aliphatic carbocycles. The fourth-order valence-electron chi connectivity index (χ4n) is 2.62.